The van der Waals surface area contributed by atoms with Crippen LogP contribution < -0.4 is 9.64 Å². The number of thioether (sulfide) groups is 3. The molecule has 1 amide bonds. The van der Waals surface area contributed by atoms with Gasteiger partial charge in [0.05, 0.1) is 51.8 Å². The molecule has 1 spiro atoms. The molecule has 43 heavy (non-hydrogen) atoms. The van der Waals surface area contributed by atoms with E-state index >= 15 is 0 Å². The van der Waals surface area contributed by atoms with Crippen LogP contribution in [-0.2, 0) is 42.9 Å². The quantitative estimate of drug-likeness (QED) is 0.238. The average molecular weight is 648 g/mol. The van der Waals surface area contributed by atoms with E-state index < -0.39 is 39.4 Å². The van der Waals surface area contributed by atoms with E-state index in [0.717, 1.165) is 56.6 Å². The Labute approximate surface area is 261 Å². The first-order valence-corrected chi connectivity index (χ1v) is 15.2. The predicted molar refractivity (Wildman–Crippen MR) is 164 cm³/mol. The first kappa shape index (κ1) is 32.3. The Morgan fingerprint density at radius 3 is 1.88 bits per heavy atom. The van der Waals surface area contributed by atoms with Crippen LogP contribution in [0.4, 0.5) is 5.69 Å². The number of amides is 1. The van der Waals surface area contributed by atoms with Crippen LogP contribution >= 0.6 is 35.3 Å². The number of esters is 4. The fourth-order valence-corrected chi connectivity index (χ4v) is 10.1. The second-order valence-corrected chi connectivity index (χ2v) is 13.2. The molecule has 0 saturated carbocycles. The molecule has 14 heteroatoms. The van der Waals surface area contributed by atoms with Crippen molar-refractivity contribution in [2.24, 2.45) is 0 Å². The van der Waals surface area contributed by atoms with Crippen LogP contribution in [0.5, 0.6) is 5.75 Å². The third-order valence-corrected chi connectivity index (χ3v) is 11.5. The van der Waals surface area contributed by atoms with Gasteiger partial charge in [0.25, 0.3) is 5.91 Å². The van der Waals surface area contributed by atoms with Gasteiger partial charge >= 0.3 is 23.9 Å². The van der Waals surface area contributed by atoms with Gasteiger partial charge in [-0.05, 0) is 39.0 Å². The predicted octanol–water partition coefficient (Wildman–Crippen LogP) is 4.19. The number of fused-ring (bicyclic) bond motifs is 3. The molecule has 0 fully saturated rings. The second kappa shape index (κ2) is 12.2. The van der Waals surface area contributed by atoms with Gasteiger partial charge in [0.15, 0.2) is 0 Å². The topological polar surface area (TPSA) is 135 Å². The normalized spacial score (nSPS) is 18.1. The van der Waals surface area contributed by atoms with E-state index in [1.807, 2.05) is 6.92 Å². The minimum Gasteiger partial charge on any atom is -0.494 e. The number of ether oxygens (including phenoxy) is 5. The fourth-order valence-electron chi connectivity index (χ4n) is 5.04. The van der Waals surface area contributed by atoms with Crippen molar-refractivity contribution in [3.63, 3.8) is 0 Å². The van der Waals surface area contributed by atoms with Crippen molar-refractivity contribution < 1.29 is 47.7 Å². The smallest absolute Gasteiger partial charge is 0.345 e. The van der Waals surface area contributed by atoms with Crippen molar-refractivity contribution in [1.82, 2.24) is 0 Å². The molecule has 0 aliphatic carbocycles. The van der Waals surface area contributed by atoms with E-state index in [9.17, 15) is 24.0 Å². The number of carbonyl (C=O) groups is 5. The summed E-state index contributed by atoms with van der Waals surface area (Å²) in [7, 11) is 4.64. The van der Waals surface area contributed by atoms with Crippen molar-refractivity contribution in [2.45, 2.75) is 30.4 Å². The maximum atomic E-state index is 13.7. The molecule has 0 radical (unpaired) electrons. The minimum atomic E-state index is -1.66. The van der Waals surface area contributed by atoms with Gasteiger partial charge in [-0.1, -0.05) is 41.9 Å². The van der Waals surface area contributed by atoms with Crippen molar-refractivity contribution in [2.75, 3.05) is 39.9 Å². The first-order chi connectivity index (χ1) is 20.4. The SMILES string of the molecule is C=CC(=O)N1c2cc(OCC)ccc2C2=C(SC(C(=O)OC)=C(C(=O)OC)C23SC(C(=O)OC)=C(C(=O)OC)S3)C1(C)C. The van der Waals surface area contributed by atoms with Gasteiger partial charge in [0, 0.05) is 22.1 Å². The molecule has 0 N–H and O–H groups in total. The van der Waals surface area contributed by atoms with Gasteiger partial charge in [0.1, 0.15) is 24.5 Å². The Kier molecular flexibility index (Phi) is 9.14. The van der Waals surface area contributed by atoms with Gasteiger partial charge in [-0.25, -0.2) is 19.2 Å². The standard InChI is InChI=1S/C29H29NO10S3/c1-9-17(31)30-16-13-14(40-10-2)11-12-15(16)18-23(28(30,3)4)41-20(25(33)37-6)19(24(32)36-5)29(18)42-21(26(34)38-7)22(43-29)27(35)39-8/h9,11-13H,1,10H2,2-8H3. The van der Waals surface area contributed by atoms with E-state index in [1.54, 1.807) is 32.0 Å². The lowest BCUT2D eigenvalue weighted by Crippen LogP contribution is -2.53. The number of methoxy groups -OCH3 is 4. The van der Waals surface area contributed by atoms with E-state index in [2.05, 4.69) is 6.58 Å². The fraction of sp³-hybridized carbons (Fsp3) is 0.345. The Morgan fingerprint density at radius 1 is 0.860 bits per heavy atom. The molecular formula is C29H29NO10S3. The summed E-state index contributed by atoms with van der Waals surface area (Å²) in [6.07, 6.45) is 1.18. The monoisotopic (exact) mass is 647 g/mol. The molecule has 1 aromatic rings. The van der Waals surface area contributed by atoms with Crippen LogP contribution in [0, 0.1) is 0 Å². The first-order valence-electron chi connectivity index (χ1n) is 12.8. The molecule has 0 atom stereocenters. The minimum absolute atomic E-state index is 0.126. The highest BCUT2D eigenvalue weighted by atomic mass is 32.2. The molecule has 3 heterocycles. The van der Waals surface area contributed by atoms with E-state index in [4.69, 9.17) is 23.7 Å². The Hall–Kier alpha value is -3.62. The average Bonchev–Trinajstić information content (AvgIpc) is 3.39. The van der Waals surface area contributed by atoms with Gasteiger partial charge in [0.2, 0.25) is 0 Å². The summed E-state index contributed by atoms with van der Waals surface area (Å²) < 4.78 is 24.4. The third-order valence-electron chi connectivity index (χ3n) is 6.82. The van der Waals surface area contributed by atoms with Gasteiger partial charge in [-0.3, -0.25) is 9.69 Å². The summed E-state index contributed by atoms with van der Waals surface area (Å²) in [6, 6.07) is 5.13. The van der Waals surface area contributed by atoms with Crippen molar-refractivity contribution in [3.8, 4) is 5.75 Å². The molecule has 0 bridgehead atoms. The number of hydrogen-bond acceptors (Lipinski definition) is 13. The van der Waals surface area contributed by atoms with E-state index in [-0.39, 0.29) is 20.3 Å². The molecule has 11 nitrogen and oxygen atoms in total. The summed E-state index contributed by atoms with van der Waals surface area (Å²) in [5.41, 5.74) is 0.0771. The number of rotatable bonds is 7. The number of hydrogen-bond donors (Lipinski definition) is 0. The molecule has 1 aromatic carbocycles. The molecule has 3 aliphatic rings. The Balaban J connectivity index is 2.18. The number of anilines is 1. The Morgan fingerprint density at radius 2 is 1.40 bits per heavy atom. The van der Waals surface area contributed by atoms with Crippen LogP contribution in [0.2, 0.25) is 0 Å². The lowest BCUT2D eigenvalue weighted by molar-refractivity contribution is -0.138. The number of carbonyl (C=O) groups excluding carboxylic acids is 5. The summed E-state index contributed by atoms with van der Waals surface area (Å²) in [6.45, 7) is 9.42. The maximum absolute atomic E-state index is 13.7. The van der Waals surface area contributed by atoms with Gasteiger partial charge < -0.3 is 23.7 Å². The highest BCUT2D eigenvalue weighted by Gasteiger charge is 2.61. The Bertz CT molecular complexity index is 1530. The molecule has 4 rings (SSSR count). The van der Waals surface area contributed by atoms with Gasteiger partial charge in [-0.2, -0.15) is 0 Å². The van der Waals surface area contributed by atoms with Crippen molar-refractivity contribution >= 4 is 76.3 Å². The van der Waals surface area contributed by atoms with Crippen molar-refractivity contribution in [1.29, 1.82) is 0 Å². The zero-order chi connectivity index (χ0) is 31.9. The zero-order valence-corrected chi connectivity index (χ0v) is 26.9. The highest BCUT2D eigenvalue weighted by molar-refractivity contribution is 8.26. The molecule has 0 unspecified atom stereocenters. The van der Waals surface area contributed by atoms with E-state index in [1.165, 1.54) is 18.1 Å². The molecule has 0 saturated heterocycles. The molecule has 228 valence electrons. The van der Waals surface area contributed by atoms with Crippen LogP contribution in [-0.4, -0.2) is 74.4 Å². The summed E-state index contributed by atoms with van der Waals surface area (Å²) in [5.74, 6) is -3.37. The lowest BCUT2D eigenvalue weighted by atomic mass is 9.83. The zero-order valence-electron chi connectivity index (χ0n) is 24.5. The third kappa shape index (κ3) is 5.04. The summed E-state index contributed by atoms with van der Waals surface area (Å²) in [4.78, 5) is 68.2. The molecule has 0 aromatic heterocycles. The lowest BCUT2D eigenvalue weighted by Gasteiger charge is -2.50. The van der Waals surface area contributed by atoms with Crippen LogP contribution in [0.3, 0.4) is 0 Å². The number of nitrogens with zero attached hydrogens (tertiary/aromatic N) is 1. The molecular weight excluding hydrogens is 619 g/mol. The molecule has 3 aliphatic heterocycles. The maximum Gasteiger partial charge on any atom is 0.345 e. The van der Waals surface area contributed by atoms with Gasteiger partial charge in [-0.15, -0.1) is 0 Å². The van der Waals surface area contributed by atoms with Crippen LogP contribution in [0.15, 0.2) is 56.0 Å². The summed E-state index contributed by atoms with van der Waals surface area (Å²) >= 11 is 2.67. The summed E-state index contributed by atoms with van der Waals surface area (Å²) in [5, 5.41) is 0. The highest BCUT2D eigenvalue weighted by Crippen LogP contribution is 2.71. The van der Waals surface area contributed by atoms with E-state index in [0.29, 0.717) is 34.1 Å². The number of benzene rings is 1. The van der Waals surface area contributed by atoms with Crippen LogP contribution in [0.25, 0.3) is 5.57 Å². The second-order valence-electron chi connectivity index (χ2n) is 9.50. The largest absolute Gasteiger partial charge is 0.494 e. The van der Waals surface area contributed by atoms with Crippen molar-refractivity contribution in [3.05, 3.63) is 61.6 Å². The van der Waals surface area contributed by atoms with Crippen LogP contribution in [0.1, 0.15) is 26.3 Å².